The molecule has 0 atom stereocenters. The molecule has 10 heavy (non-hydrogen) atoms. The molecule has 0 saturated carbocycles. The van der Waals surface area contributed by atoms with Crippen molar-refractivity contribution in [1.29, 1.82) is 0 Å². The van der Waals surface area contributed by atoms with E-state index in [1.54, 1.807) is 13.0 Å². The molecule has 4 N–H and O–H groups in total. The van der Waals surface area contributed by atoms with E-state index < -0.39 is 0 Å². The number of hydrogen-bond acceptors (Lipinski definition) is 3. The smallest absolute Gasteiger partial charge is 0.181 e. The first-order chi connectivity index (χ1) is 4.63. The number of nitrogen functional groups attached to an aromatic ring is 1. The first-order valence-electron chi connectivity index (χ1n) is 2.90. The third kappa shape index (κ3) is 0.857. The van der Waals surface area contributed by atoms with Crippen LogP contribution in [-0.4, -0.2) is 10.2 Å². The van der Waals surface area contributed by atoms with Crippen LogP contribution in [0.15, 0.2) is 12.1 Å². The molecule has 0 amide bonds. The SMILES string of the molecule is Cc1ccc(O)c(O)c1N. The van der Waals surface area contributed by atoms with Crippen LogP contribution < -0.4 is 5.73 Å². The number of nitrogens with two attached hydrogens (primary N) is 1. The van der Waals surface area contributed by atoms with Crippen LogP contribution in [0.2, 0.25) is 0 Å². The number of phenolic OH excluding ortho intramolecular Hbond substituents is 2. The molecule has 0 radical (unpaired) electrons. The minimum Gasteiger partial charge on any atom is -0.504 e. The lowest BCUT2D eigenvalue weighted by molar-refractivity contribution is 0.405. The molecule has 0 aliphatic carbocycles. The minimum atomic E-state index is -0.236. The van der Waals surface area contributed by atoms with Gasteiger partial charge in [-0.05, 0) is 18.6 Å². The fourth-order valence-corrected chi connectivity index (χ4v) is 0.697. The number of anilines is 1. The molecule has 0 unspecified atom stereocenters. The monoisotopic (exact) mass is 139 g/mol. The second-order valence-corrected chi connectivity index (χ2v) is 2.16. The molecule has 0 bridgehead atoms. The van der Waals surface area contributed by atoms with Crippen LogP contribution in [-0.2, 0) is 0 Å². The molecule has 0 aliphatic rings. The van der Waals surface area contributed by atoms with Crippen molar-refractivity contribution in [2.24, 2.45) is 0 Å². The van der Waals surface area contributed by atoms with Gasteiger partial charge in [0.25, 0.3) is 0 Å². The molecule has 0 heterocycles. The van der Waals surface area contributed by atoms with Crippen LogP contribution in [0, 0.1) is 6.92 Å². The summed E-state index contributed by atoms with van der Waals surface area (Å²) in [4.78, 5) is 0. The number of aromatic hydroxyl groups is 2. The summed E-state index contributed by atoms with van der Waals surface area (Å²) in [6, 6.07) is 3.05. The molecular weight excluding hydrogens is 130 g/mol. The summed E-state index contributed by atoms with van der Waals surface area (Å²) in [6.07, 6.45) is 0. The first-order valence-corrected chi connectivity index (χ1v) is 2.90. The summed E-state index contributed by atoms with van der Waals surface area (Å²) in [7, 11) is 0. The van der Waals surface area contributed by atoms with Gasteiger partial charge in [0.2, 0.25) is 0 Å². The largest absolute Gasteiger partial charge is 0.504 e. The number of aryl methyl sites for hydroxylation is 1. The Morgan fingerprint density at radius 3 is 2.40 bits per heavy atom. The standard InChI is InChI=1S/C7H9NO2/c1-4-2-3-5(9)7(10)6(4)8/h2-3,9-10H,8H2,1H3. The van der Waals surface area contributed by atoms with Gasteiger partial charge in [0.1, 0.15) is 0 Å². The zero-order chi connectivity index (χ0) is 7.72. The van der Waals surface area contributed by atoms with Gasteiger partial charge in [-0.25, -0.2) is 0 Å². The van der Waals surface area contributed by atoms with Crippen molar-refractivity contribution >= 4 is 5.69 Å². The van der Waals surface area contributed by atoms with Crippen LogP contribution >= 0.6 is 0 Å². The maximum absolute atomic E-state index is 9.01. The molecule has 0 spiro atoms. The Labute approximate surface area is 58.7 Å². The molecule has 0 aromatic heterocycles. The summed E-state index contributed by atoms with van der Waals surface area (Å²) in [5.41, 5.74) is 6.37. The Bertz CT molecular complexity index is 231. The van der Waals surface area contributed by atoms with Crippen molar-refractivity contribution < 1.29 is 10.2 Å². The molecule has 3 nitrogen and oxygen atoms in total. The quantitative estimate of drug-likeness (QED) is 0.371. The third-order valence-electron chi connectivity index (χ3n) is 1.41. The third-order valence-corrected chi connectivity index (χ3v) is 1.41. The molecule has 1 aromatic carbocycles. The topological polar surface area (TPSA) is 66.5 Å². The van der Waals surface area contributed by atoms with Crippen LogP contribution in [0.3, 0.4) is 0 Å². The van der Waals surface area contributed by atoms with Gasteiger partial charge < -0.3 is 15.9 Å². The van der Waals surface area contributed by atoms with Gasteiger partial charge in [0, 0.05) is 0 Å². The van der Waals surface area contributed by atoms with E-state index in [1.807, 2.05) is 0 Å². The van der Waals surface area contributed by atoms with E-state index >= 15 is 0 Å². The molecule has 1 aromatic rings. The average molecular weight is 139 g/mol. The number of rotatable bonds is 0. The fraction of sp³-hybridized carbons (Fsp3) is 0.143. The maximum atomic E-state index is 9.01. The van der Waals surface area contributed by atoms with Gasteiger partial charge in [-0.3, -0.25) is 0 Å². The van der Waals surface area contributed by atoms with Gasteiger partial charge in [-0.1, -0.05) is 6.07 Å². The lowest BCUT2D eigenvalue weighted by atomic mass is 10.2. The van der Waals surface area contributed by atoms with Crippen molar-refractivity contribution in [2.75, 3.05) is 5.73 Å². The van der Waals surface area contributed by atoms with E-state index in [0.29, 0.717) is 0 Å². The number of hydrogen-bond donors (Lipinski definition) is 3. The number of phenols is 2. The Balaban J connectivity index is 3.34. The van der Waals surface area contributed by atoms with Gasteiger partial charge in [0.05, 0.1) is 5.69 Å². The summed E-state index contributed by atoms with van der Waals surface area (Å²) in [5, 5.41) is 17.9. The predicted molar refractivity (Wildman–Crippen MR) is 38.9 cm³/mol. The van der Waals surface area contributed by atoms with E-state index in [2.05, 4.69) is 0 Å². The number of benzene rings is 1. The highest BCUT2D eigenvalue weighted by molar-refractivity contribution is 5.63. The van der Waals surface area contributed by atoms with Gasteiger partial charge in [0.15, 0.2) is 11.5 Å². The minimum absolute atomic E-state index is 0.178. The summed E-state index contributed by atoms with van der Waals surface area (Å²) in [6.45, 7) is 1.76. The van der Waals surface area contributed by atoms with Gasteiger partial charge in [-0.2, -0.15) is 0 Å². The highest BCUT2D eigenvalue weighted by atomic mass is 16.3. The molecule has 0 aliphatic heterocycles. The van der Waals surface area contributed by atoms with E-state index in [9.17, 15) is 0 Å². The molecule has 0 fully saturated rings. The van der Waals surface area contributed by atoms with Crippen molar-refractivity contribution in [3.8, 4) is 11.5 Å². The van der Waals surface area contributed by atoms with Crippen molar-refractivity contribution in [3.05, 3.63) is 17.7 Å². The van der Waals surface area contributed by atoms with Crippen LogP contribution in [0.5, 0.6) is 11.5 Å². The normalized spacial score (nSPS) is 9.70. The van der Waals surface area contributed by atoms with Crippen molar-refractivity contribution in [3.63, 3.8) is 0 Å². The molecule has 1 rings (SSSR count). The van der Waals surface area contributed by atoms with Gasteiger partial charge in [-0.15, -0.1) is 0 Å². The molecular formula is C7H9NO2. The maximum Gasteiger partial charge on any atom is 0.181 e. The van der Waals surface area contributed by atoms with Crippen molar-refractivity contribution in [2.45, 2.75) is 6.92 Å². The Morgan fingerprint density at radius 2 is 1.90 bits per heavy atom. The Kier molecular flexibility index (Phi) is 1.41. The summed E-state index contributed by atoms with van der Waals surface area (Å²) in [5.74, 6) is -0.414. The predicted octanol–water partition coefficient (Wildman–Crippen LogP) is 0.988. The molecule has 3 heteroatoms. The highest BCUT2D eigenvalue weighted by Gasteiger charge is 2.03. The second-order valence-electron chi connectivity index (χ2n) is 2.16. The van der Waals surface area contributed by atoms with Crippen LogP contribution in [0.1, 0.15) is 5.56 Å². The average Bonchev–Trinajstić information content (AvgIpc) is 1.93. The summed E-state index contributed by atoms with van der Waals surface area (Å²) >= 11 is 0. The van der Waals surface area contributed by atoms with E-state index in [1.165, 1.54) is 6.07 Å². The van der Waals surface area contributed by atoms with E-state index in [-0.39, 0.29) is 17.2 Å². The van der Waals surface area contributed by atoms with E-state index in [4.69, 9.17) is 15.9 Å². The van der Waals surface area contributed by atoms with E-state index in [0.717, 1.165) is 5.56 Å². The molecule has 0 saturated heterocycles. The van der Waals surface area contributed by atoms with Crippen molar-refractivity contribution in [1.82, 2.24) is 0 Å². The van der Waals surface area contributed by atoms with Crippen LogP contribution in [0.25, 0.3) is 0 Å². The second kappa shape index (κ2) is 2.10. The lowest BCUT2D eigenvalue weighted by Gasteiger charge is -2.02. The fourth-order valence-electron chi connectivity index (χ4n) is 0.697. The van der Waals surface area contributed by atoms with Crippen LogP contribution in [0.4, 0.5) is 5.69 Å². The highest BCUT2D eigenvalue weighted by Crippen LogP contribution is 2.32. The Morgan fingerprint density at radius 1 is 1.30 bits per heavy atom. The summed E-state index contributed by atoms with van der Waals surface area (Å²) < 4.78 is 0. The zero-order valence-electron chi connectivity index (χ0n) is 5.63. The van der Waals surface area contributed by atoms with Gasteiger partial charge >= 0.3 is 0 Å². The lowest BCUT2D eigenvalue weighted by Crippen LogP contribution is -1.89. The Hall–Kier alpha value is -1.38. The zero-order valence-corrected chi connectivity index (χ0v) is 5.63. The first kappa shape index (κ1) is 6.74. The molecule has 54 valence electrons.